The smallest absolute Gasteiger partial charge is 0.281 e. The van der Waals surface area contributed by atoms with Crippen molar-refractivity contribution < 1.29 is 14.3 Å². The zero-order valence-corrected chi connectivity index (χ0v) is 22.6. The number of benzene rings is 2. The van der Waals surface area contributed by atoms with Gasteiger partial charge in [-0.2, -0.15) is 5.10 Å². The molecular formula is C28H32N4O3S. The Bertz CT molecular complexity index is 1370. The Morgan fingerprint density at radius 1 is 1.11 bits per heavy atom. The first kappa shape index (κ1) is 25.4. The number of hydrogen-bond donors (Lipinski definition) is 1. The summed E-state index contributed by atoms with van der Waals surface area (Å²) >= 11 is 5.45. The number of amides is 1. The van der Waals surface area contributed by atoms with Gasteiger partial charge in [-0.3, -0.25) is 9.48 Å². The van der Waals surface area contributed by atoms with E-state index in [2.05, 4.69) is 56.3 Å². The van der Waals surface area contributed by atoms with Crippen molar-refractivity contribution in [2.24, 2.45) is 7.05 Å². The third-order valence-corrected chi connectivity index (χ3v) is 6.34. The number of thiocarbonyl (C=S) groups is 1. The average molecular weight is 505 g/mol. The molecule has 1 aromatic heterocycles. The first-order chi connectivity index (χ1) is 17.0. The van der Waals surface area contributed by atoms with Gasteiger partial charge in [0.2, 0.25) is 0 Å². The number of anilines is 1. The van der Waals surface area contributed by atoms with Gasteiger partial charge in [-0.05, 0) is 72.4 Å². The number of carbonyl (C=O) groups is 1. The fraction of sp³-hybridized carbons (Fsp3) is 0.321. The van der Waals surface area contributed by atoms with Crippen LogP contribution in [0, 0.1) is 13.8 Å². The summed E-state index contributed by atoms with van der Waals surface area (Å²) in [6, 6.07) is 12.0. The Morgan fingerprint density at radius 2 is 1.86 bits per heavy atom. The molecule has 0 atom stereocenters. The molecule has 1 aliphatic rings. The molecule has 1 saturated heterocycles. The fourth-order valence-corrected chi connectivity index (χ4v) is 4.54. The maximum Gasteiger partial charge on any atom is 0.281 e. The maximum atomic E-state index is 13.2. The summed E-state index contributed by atoms with van der Waals surface area (Å²) in [5, 5.41) is 7.69. The van der Waals surface area contributed by atoms with Crippen molar-refractivity contribution >= 4 is 35.0 Å². The van der Waals surface area contributed by atoms with Crippen LogP contribution in [0.5, 0.6) is 11.5 Å². The van der Waals surface area contributed by atoms with Gasteiger partial charge in [-0.25, -0.2) is 4.90 Å². The standard InChI is InChI=1S/C28H32N4O3S/c1-17-8-10-21(28(3,4)5)25(12-17)35-16-20-13-19(9-11-24(20)34-7)14-22-26(33)32(27(36)29-22)23-15-31(6)30-18(23)2/h8-15H,16H2,1-7H3,(H,29,36)/b22-14+. The van der Waals surface area contributed by atoms with Crippen LogP contribution >= 0.6 is 12.2 Å². The van der Waals surface area contributed by atoms with E-state index in [0.29, 0.717) is 23.1 Å². The van der Waals surface area contributed by atoms with E-state index in [1.54, 1.807) is 24.1 Å². The van der Waals surface area contributed by atoms with Crippen LogP contribution < -0.4 is 19.7 Å². The van der Waals surface area contributed by atoms with Crippen LogP contribution in [-0.2, 0) is 23.9 Å². The van der Waals surface area contributed by atoms with Crippen molar-refractivity contribution in [1.29, 1.82) is 0 Å². The molecule has 36 heavy (non-hydrogen) atoms. The first-order valence-electron chi connectivity index (χ1n) is 11.8. The highest BCUT2D eigenvalue weighted by molar-refractivity contribution is 7.80. The second-order valence-corrected chi connectivity index (χ2v) is 10.4. The second-order valence-electron chi connectivity index (χ2n) is 10.0. The van der Waals surface area contributed by atoms with E-state index in [-0.39, 0.29) is 11.3 Å². The van der Waals surface area contributed by atoms with Crippen molar-refractivity contribution in [3.63, 3.8) is 0 Å². The molecule has 0 unspecified atom stereocenters. The number of methoxy groups -OCH3 is 1. The van der Waals surface area contributed by atoms with E-state index < -0.39 is 0 Å². The summed E-state index contributed by atoms with van der Waals surface area (Å²) < 4.78 is 13.6. The molecule has 0 bridgehead atoms. The van der Waals surface area contributed by atoms with Crippen LogP contribution in [0.2, 0.25) is 0 Å². The zero-order chi connectivity index (χ0) is 26.2. The predicted octanol–water partition coefficient (Wildman–Crippen LogP) is 5.18. The van der Waals surface area contributed by atoms with Crippen LogP contribution in [0.3, 0.4) is 0 Å². The minimum atomic E-state index is -0.223. The molecule has 1 fully saturated rings. The van der Waals surface area contributed by atoms with Crippen molar-refractivity contribution in [2.45, 2.75) is 46.6 Å². The monoisotopic (exact) mass is 504 g/mol. The van der Waals surface area contributed by atoms with Crippen LogP contribution in [0.25, 0.3) is 6.08 Å². The number of aryl methyl sites for hydroxylation is 3. The minimum Gasteiger partial charge on any atom is -0.496 e. The van der Waals surface area contributed by atoms with Crippen LogP contribution in [0.15, 0.2) is 48.3 Å². The van der Waals surface area contributed by atoms with Crippen molar-refractivity contribution in [3.8, 4) is 11.5 Å². The molecule has 0 radical (unpaired) electrons. The largest absolute Gasteiger partial charge is 0.496 e. The molecular weight excluding hydrogens is 472 g/mol. The lowest BCUT2D eigenvalue weighted by Gasteiger charge is -2.23. The molecule has 2 aromatic carbocycles. The number of rotatable bonds is 6. The van der Waals surface area contributed by atoms with Crippen molar-refractivity contribution in [3.05, 3.63) is 76.2 Å². The van der Waals surface area contributed by atoms with Crippen LogP contribution in [0.4, 0.5) is 5.69 Å². The van der Waals surface area contributed by atoms with Gasteiger partial charge in [0.15, 0.2) is 5.11 Å². The molecule has 4 rings (SSSR count). The molecule has 1 amide bonds. The number of aromatic nitrogens is 2. The molecule has 2 heterocycles. The summed E-state index contributed by atoms with van der Waals surface area (Å²) in [6.07, 6.45) is 3.57. The van der Waals surface area contributed by atoms with E-state index in [0.717, 1.165) is 39.4 Å². The molecule has 8 heteroatoms. The highest BCUT2D eigenvalue weighted by atomic mass is 32.1. The third kappa shape index (κ3) is 5.14. The highest BCUT2D eigenvalue weighted by Crippen LogP contribution is 2.33. The molecule has 7 nitrogen and oxygen atoms in total. The normalized spacial score (nSPS) is 15.0. The lowest BCUT2D eigenvalue weighted by molar-refractivity contribution is -0.113. The average Bonchev–Trinajstić information content (AvgIpc) is 3.27. The van der Waals surface area contributed by atoms with Gasteiger partial charge < -0.3 is 14.8 Å². The molecule has 1 N–H and O–H groups in total. The Morgan fingerprint density at radius 3 is 2.50 bits per heavy atom. The summed E-state index contributed by atoms with van der Waals surface area (Å²) in [6.45, 7) is 10.7. The van der Waals surface area contributed by atoms with Crippen LogP contribution in [-0.4, -0.2) is 27.9 Å². The van der Waals surface area contributed by atoms with Gasteiger partial charge in [0.25, 0.3) is 5.91 Å². The molecule has 0 spiro atoms. The Labute approximate surface area is 217 Å². The fourth-order valence-electron chi connectivity index (χ4n) is 4.25. The van der Waals surface area contributed by atoms with E-state index in [9.17, 15) is 4.79 Å². The number of hydrogen-bond acceptors (Lipinski definition) is 5. The van der Waals surface area contributed by atoms with Crippen LogP contribution in [0.1, 0.15) is 48.7 Å². The van der Waals surface area contributed by atoms with Gasteiger partial charge in [0, 0.05) is 18.8 Å². The predicted molar refractivity (Wildman–Crippen MR) is 146 cm³/mol. The molecule has 3 aromatic rings. The topological polar surface area (TPSA) is 68.6 Å². The summed E-state index contributed by atoms with van der Waals surface area (Å²) in [5.41, 5.74) is 5.73. The summed E-state index contributed by atoms with van der Waals surface area (Å²) in [7, 11) is 3.45. The SMILES string of the molecule is COc1ccc(/C=C2/NC(=S)N(c3cn(C)nc3C)C2=O)cc1COc1cc(C)ccc1C(C)(C)C. The minimum absolute atomic E-state index is 0.0508. The highest BCUT2D eigenvalue weighted by Gasteiger charge is 2.34. The Kier molecular flexibility index (Phi) is 6.91. The van der Waals surface area contributed by atoms with E-state index >= 15 is 0 Å². The lowest BCUT2D eigenvalue weighted by atomic mass is 9.86. The maximum absolute atomic E-state index is 13.2. The van der Waals surface area contributed by atoms with Crippen molar-refractivity contribution in [2.75, 3.05) is 12.0 Å². The Balaban J connectivity index is 1.61. The van der Waals surface area contributed by atoms with Gasteiger partial charge in [0.05, 0.1) is 18.5 Å². The number of carbonyl (C=O) groups excluding carboxylic acids is 1. The van der Waals surface area contributed by atoms with E-state index in [4.69, 9.17) is 21.7 Å². The molecule has 188 valence electrons. The van der Waals surface area contributed by atoms with E-state index in [1.807, 2.05) is 32.2 Å². The Hall–Kier alpha value is -3.65. The quantitative estimate of drug-likeness (QED) is 0.368. The van der Waals surface area contributed by atoms with E-state index in [1.165, 1.54) is 4.90 Å². The molecule has 0 saturated carbocycles. The third-order valence-electron chi connectivity index (χ3n) is 6.05. The van der Waals surface area contributed by atoms with Crippen molar-refractivity contribution in [1.82, 2.24) is 15.1 Å². The van der Waals surface area contributed by atoms with Gasteiger partial charge in [-0.1, -0.05) is 39.0 Å². The van der Waals surface area contributed by atoms with Gasteiger partial charge in [-0.15, -0.1) is 0 Å². The number of nitrogens with one attached hydrogen (secondary N) is 1. The summed E-state index contributed by atoms with van der Waals surface area (Å²) in [4.78, 5) is 14.7. The second kappa shape index (κ2) is 9.78. The first-order valence-corrected chi connectivity index (χ1v) is 12.2. The summed E-state index contributed by atoms with van der Waals surface area (Å²) in [5.74, 6) is 1.35. The lowest BCUT2D eigenvalue weighted by Crippen LogP contribution is -2.30. The number of nitrogens with zero attached hydrogens (tertiary/aromatic N) is 3. The van der Waals surface area contributed by atoms with Gasteiger partial charge in [0.1, 0.15) is 23.8 Å². The van der Waals surface area contributed by atoms with Gasteiger partial charge >= 0.3 is 0 Å². The molecule has 1 aliphatic heterocycles. The zero-order valence-electron chi connectivity index (χ0n) is 21.8. The molecule has 0 aliphatic carbocycles. The number of ether oxygens (including phenoxy) is 2.